The first kappa shape index (κ1) is 13.8. The molecular formula is C11H14Br2NO2. The molecule has 16 heavy (non-hydrogen) atoms. The number of hydrogen-bond acceptors (Lipinski definition) is 2. The van der Waals surface area contributed by atoms with Crippen molar-refractivity contribution in [2.24, 2.45) is 0 Å². The zero-order valence-corrected chi connectivity index (χ0v) is 12.6. The van der Waals surface area contributed by atoms with Crippen LogP contribution in [0, 0.1) is 6.08 Å². The summed E-state index contributed by atoms with van der Waals surface area (Å²) in [5.74, 6) is 0. The van der Waals surface area contributed by atoms with E-state index in [1.807, 2.05) is 26.8 Å². The van der Waals surface area contributed by atoms with Gasteiger partial charge in [0.15, 0.2) is 0 Å². The monoisotopic (exact) mass is 350 g/mol. The number of halogens is 2. The van der Waals surface area contributed by atoms with E-state index in [0.717, 1.165) is 10.9 Å². The van der Waals surface area contributed by atoms with Crippen molar-refractivity contribution in [2.75, 3.05) is 0 Å². The molecule has 0 aromatic heterocycles. The predicted octanol–water partition coefficient (Wildman–Crippen LogP) is 3.64. The van der Waals surface area contributed by atoms with Crippen molar-refractivity contribution in [3.05, 3.63) is 22.3 Å². The quantitative estimate of drug-likeness (QED) is 0.732. The van der Waals surface area contributed by atoms with Crippen LogP contribution in [0.15, 0.2) is 16.3 Å². The van der Waals surface area contributed by atoms with Gasteiger partial charge in [-0.2, -0.15) is 0 Å². The summed E-state index contributed by atoms with van der Waals surface area (Å²) < 4.78 is 5.96. The van der Waals surface area contributed by atoms with Gasteiger partial charge in [-0.15, -0.1) is 0 Å². The van der Waals surface area contributed by atoms with Crippen LogP contribution in [0.1, 0.15) is 27.2 Å². The van der Waals surface area contributed by atoms with Gasteiger partial charge in [-0.3, -0.25) is 5.32 Å². The van der Waals surface area contributed by atoms with Crippen LogP contribution in [-0.4, -0.2) is 16.5 Å². The smallest absolute Gasteiger partial charge is 0.412 e. The van der Waals surface area contributed by atoms with Crippen molar-refractivity contribution >= 4 is 38.0 Å². The first-order valence-corrected chi connectivity index (χ1v) is 6.61. The maximum atomic E-state index is 11.5. The summed E-state index contributed by atoms with van der Waals surface area (Å²) in [5, 5.41) is 2.65. The lowest BCUT2D eigenvalue weighted by Gasteiger charge is -2.21. The van der Waals surface area contributed by atoms with E-state index in [2.05, 4.69) is 43.3 Å². The van der Waals surface area contributed by atoms with Crippen molar-refractivity contribution in [3.8, 4) is 0 Å². The van der Waals surface area contributed by atoms with E-state index >= 15 is 0 Å². The fraction of sp³-hybridized carbons (Fsp3) is 0.545. The van der Waals surface area contributed by atoms with E-state index in [9.17, 15) is 4.79 Å². The highest BCUT2D eigenvalue weighted by molar-refractivity contribution is 9.12. The van der Waals surface area contributed by atoms with Gasteiger partial charge >= 0.3 is 6.09 Å². The second-order valence-electron chi connectivity index (χ2n) is 4.41. The molecule has 0 saturated heterocycles. The predicted molar refractivity (Wildman–Crippen MR) is 70.5 cm³/mol. The highest BCUT2D eigenvalue weighted by Gasteiger charge is 2.19. The lowest BCUT2D eigenvalue weighted by molar-refractivity contribution is 0.0547. The zero-order valence-electron chi connectivity index (χ0n) is 9.43. The normalized spacial score (nSPS) is 20.9. The van der Waals surface area contributed by atoms with E-state index in [1.54, 1.807) is 0 Å². The van der Waals surface area contributed by atoms with Crippen molar-refractivity contribution in [2.45, 2.75) is 37.6 Å². The van der Waals surface area contributed by atoms with Crippen molar-refractivity contribution < 1.29 is 9.53 Å². The Kier molecular flexibility index (Phi) is 4.62. The number of alkyl halides is 1. The molecule has 0 bridgehead atoms. The first-order valence-electron chi connectivity index (χ1n) is 4.90. The second-order valence-corrected chi connectivity index (χ2v) is 6.44. The minimum absolute atomic E-state index is 0.256. The Morgan fingerprint density at radius 1 is 1.62 bits per heavy atom. The highest BCUT2D eigenvalue weighted by atomic mass is 79.9. The van der Waals surface area contributed by atoms with Gasteiger partial charge in [-0.25, -0.2) is 4.79 Å². The topological polar surface area (TPSA) is 38.3 Å². The summed E-state index contributed by atoms with van der Waals surface area (Å²) in [4.78, 5) is 11.8. The summed E-state index contributed by atoms with van der Waals surface area (Å²) in [6.07, 6.45) is 5.30. The number of alkyl carbamates (subject to hydrolysis) is 1. The minimum Gasteiger partial charge on any atom is -0.444 e. The second kappa shape index (κ2) is 5.36. The molecule has 1 rings (SSSR count). The molecule has 89 valence electrons. The van der Waals surface area contributed by atoms with E-state index in [4.69, 9.17) is 4.74 Å². The molecule has 0 spiro atoms. The van der Waals surface area contributed by atoms with E-state index in [-0.39, 0.29) is 4.83 Å². The Balaban J connectivity index is 2.56. The van der Waals surface area contributed by atoms with E-state index < -0.39 is 11.7 Å². The third-order valence-corrected chi connectivity index (χ3v) is 2.91. The third-order valence-electron chi connectivity index (χ3n) is 1.67. The van der Waals surface area contributed by atoms with E-state index in [1.165, 1.54) is 0 Å². The molecule has 0 aliphatic heterocycles. The van der Waals surface area contributed by atoms with Crippen LogP contribution in [-0.2, 0) is 4.74 Å². The van der Waals surface area contributed by atoms with Crippen LogP contribution in [0.5, 0.6) is 0 Å². The first-order chi connectivity index (χ1) is 7.28. The number of hydrogen-bond donors (Lipinski definition) is 1. The van der Waals surface area contributed by atoms with Gasteiger partial charge in [0, 0.05) is 9.31 Å². The van der Waals surface area contributed by atoms with Gasteiger partial charge in [0.25, 0.3) is 0 Å². The fourth-order valence-electron chi connectivity index (χ4n) is 1.09. The molecule has 1 unspecified atom stereocenters. The molecule has 1 atom stereocenters. The van der Waals surface area contributed by atoms with Gasteiger partial charge in [-0.1, -0.05) is 22.0 Å². The molecule has 1 amide bonds. The number of nitrogens with one attached hydrogen (secondary N) is 1. The van der Waals surface area contributed by atoms with Crippen LogP contribution in [0.3, 0.4) is 0 Å². The summed E-state index contributed by atoms with van der Waals surface area (Å²) in [5.41, 5.74) is 0.137. The molecular weight excluding hydrogens is 338 g/mol. The Hall–Kier alpha value is -0.290. The molecule has 1 radical (unpaired) electrons. The fourth-order valence-corrected chi connectivity index (χ4v) is 2.43. The maximum Gasteiger partial charge on any atom is 0.412 e. The largest absolute Gasteiger partial charge is 0.444 e. The van der Waals surface area contributed by atoms with Gasteiger partial charge < -0.3 is 4.74 Å². The zero-order chi connectivity index (χ0) is 12.3. The number of ether oxygens (including phenoxy) is 1. The van der Waals surface area contributed by atoms with Crippen LogP contribution < -0.4 is 5.32 Å². The summed E-state index contributed by atoms with van der Waals surface area (Å²) in [6, 6.07) is 0. The Labute approximate surface area is 113 Å². The Bertz CT molecular complexity index is 342. The van der Waals surface area contributed by atoms with Gasteiger partial charge in [0.05, 0.1) is 5.70 Å². The number of rotatable bonds is 1. The molecule has 1 N–H and O–H groups in total. The van der Waals surface area contributed by atoms with Gasteiger partial charge in [0.2, 0.25) is 0 Å². The average Bonchev–Trinajstić information content (AvgIpc) is 2.06. The molecule has 0 aromatic rings. The summed E-state index contributed by atoms with van der Waals surface area (Å²) in [6.45, 7) is 5.47. The molecule has 0 saturated carbocycles. The van der Waals surface area contributed by atoms with Crippen molar-refractivity contribution in [1.29, 1.82) is 0 Å². The lowest BCUT2D eigenvalue weighted by atomic mass is 10.1. The van der Waals surface area contributed by atoms with Crippen LogP contribution in [0.4, 0.5) is 4.79 Å². The average molecular weight is 352 g/mol. The number of carbonyl (C=O) groups is 1. The molecule has 0 fully saturated rings. The molecule has 1 aliphatic carbocycles. The molecule has 0 heterocycles. The van der Waals surface area contributed by atoms with Gasteiger partial charge in [-0.05, 0) is 49.2 Å². The standard InChI is InChI=1S/C11H14Br2NO2/c1-11(2,3)16-10(15)14-9-5-4-7(12)6-8(9)13/h6-7H,4H2,1-3H3,(H,14,15). The summed E-state index contributed by atoms with van der Waals surface area (Å²) >= 11 is 6.81. The SMILES string of the molecule is CC(C)(C)OC(=O)NC1=[C]CC(Br)C=C1Br. The van der Waals surface area contributed by atoms with Crippen molar-refractivity contribution in [3.63, 3.8) is 0 Å². The van der Waals surface area contributed by atoms with Crippen LogP contribution in [0.2, 0.25) is 0 Å². The number of amides is 1. The Morgan fingerprint density at radius 3 is 2.75 bits per heavy atom. The molecule has 1 aliphatic rings. The highest BCUT2D eigenvalue weighted by Crippen LogP contribution is 2.25. The summed E-state index contributed by atoms with van der Waals surface area (Å²) in [7, 11) is 0. The number of allylic oxidation sites excluding steroid dienone is 3. The third kappa shape index (κ3) is 4.70. The molecule has 3 nitrogen and oxygen atoms in total. The van der Waals surface area contributed by atoms with Crippen molar-refractivity contribution in [1.82, 2.24) is 5.32 Å². The minimum atomic E-state index is -0.493. The molecule has 0 aromatic carbocycles. The number of carbonyl (C=O) groups excluding carboxylic acids is 1. The van der Waals surface area contributed by atoms with E-state index in [0.29, 0.717) is 5.70 Å². The maximum absolute atomic E-state index is 11.5. The van der Waals surface area contributed by atoms with Crippen LogP contribution >= 0.6 is 31.9 Å². The van der Waals surface area contributed by atoms with Crippen LogP contribution in [0.25, 0.3) is 0 Å². The molecule has 5 heteroatoms. The van der Waals surface area contributed by atoms with Gasteiger partial charge in [0.1, 0.15) is 5.60 Å². The lowest BCUT2D eigenvalue weighted by Crippen LogP contribution is -2.32. The Morgan fingerprint density at radius 2 is 2.25 bits per heavy atom.